The molecule has 0 amide bonds. The molecule has 148 valence electrons. The molecule has 0 aromatic heterocycles. The second-order valence-electron chi connectivity index (χ2n) is 6.68. The maximum atomic E-state index is 11.8. The van der Waals surface area contributed by atoms with E-state index in [0.29, 0.717) is 12.2 Å². The van der Waals surface area contributed by atoms with Crippen LogP contribution in [0.1, 0.15) is 81.5 Å². The number of rotatable bonds is 16. The number of esters is 1. The minimum atomic E-state index is -0.330. The summed E-state index contributed by atoms with van der Waals surface area (Å²) >= 11 is 0. The Bertz CT molecular complexity index is 456. The first-order valence-electron chi connectivity index (χ1n) is 10.2. The maximum absolute atomic E-state index is 11.8. The Labute approximate surface area is 159 Å². The molecule has 0 saturated heterocycles. The van der Waals surface area contributed by atoms with Gasteiger partial charge in [0.2, 0.25) is 0 Å². The van der Waals surface area contributed by atoms with Crippen LogP contribution < -0.4 is 4.74 Å². The van der Waals surface area contributed by atoms with Gasteiger partial charge in [-0.2, -0.15) is 0 Å². The van der Waals surface area contributed by atoms with Crippen molar-refractivity contribution in [2.24, 2.45) is 0 Å². The van der Waals surface area contributed by atoms with E-state index in [9.17, 15) is 4.79 Å². The summed E-state index contributed by atoms with van der Waals surface area (Å²) in [6, 6.07) is 7.12. The maximum Gasteiger partial charge on any atom is 0.338 e. The van der Waals surface area contributed by atoms with Crippen LogP contribution in [0.3, 0.4) is 0 Å². The Hall–Kier alpha value is -1.55. The molecular weight excluding hydrogens is 328 g/mol. The average Bonchev–Trinajstić information content (AvgIpc) is 2.66. The molecule has 26 heavy (non-hydrogen) atoms. The third-order valence-electron chi connectivity index (χ3n) is 4.38. The van der Waals surface area contributed by atoms with Crippen molar-refractivity contribution in [3.05, 3.63) is 29.8 Å². The van der Waals surface area contributed by atoms with E-state index >= 15 is 0 Å². The van der Waals surface area contributed by atoms with Gasteiger partial charge in [-0.25, -0.2) is 4.79 Å². The lowest BCUT2D eigenvalue weighted by Gasteiger charge is -2.08. The van der Waals surface area contributed by atoms with Crippen LogP contribution in [-0.2, 0) is 9.47 Å². The van der Waals surface area contributed by atoms with Gasteiger partial charge in [-0.15, -0.1) is 0 Å². The minimum absolute atomic E-state index is 0.270. The van der Waals surface area contributed by atoms with Crippen molar-refractivity contribution in [2.75, 3.05) is 26.9 Å². The number of methoxy groups -OCH3 is 1. The number of carbonyl (C=O) groups excluding carboxylic acids is 1. The molecule has 0 radical (unpaired) electrons. The van der Waals surface area contributed by atoms with E-state index in [1.54, 1.807) is 19.2 Å². The molecule has 0 heterocycles. The first-order valence-corrected chi connectivity index (χ1v) is 10.2. The standard InChI is InChI=1S/C22H36O4/c1-3-4-5-6-7-8-9-10-11-12-17-25-21-15-13-20(14-16-21)22(23)26-19-18-24-2/h13-16H,3-12,17-19H2,1-2H3. The zero-order chi connectivity index (χ0) is 18.9. The fourth-order valence-corrected chi connectivity index (χ4v) is 2.77. The number of unbranched alkanes of at least 4 members (excludes halogenated alkanes) is 9. The van der Waals surface area contributed by atoms with Gasteiger partial charge in [-0.3, -0.25) is 0 Å². The molecule has 0 unspecified atom stereocenters. The van der Waals surface area contributed by atoms with E-state index in [2.05, 4.69) is 6.92 Å². The van der Waals surface area contributed by atoms with E-state index < -0.39 is 0 Å². The van der Waals surface area contributed by atoms with Gasteiger partial charge in [0, 0.05) is 7.11 Å². The fourth-order valence-electron chi connectivity index (χ4n) is 2.77. The van der Waals surface area contributed by atoms with Gasteiger partial charge in [0.1, 0.15) is 12.4 Å². The molecule has 0 N–H and O–H groups in total. The average molecular weight is 365 g/mol. The molecule has 1 aromatic rings. The van der Waals surface area contributed by atoms with E-state index in [1.807, 2.05) is 12.1 Å². The highest BCUT2D eigenvalue weighted by Gasteiger charge is 2.06. The second-order valence-corrected chi connectivity index (χ2v) is 6.68. The molecule has 0 aliphatic rings. The van der Waals surface area contributed by atoms with Crippen molar-refractivity contribution in [3.63, 3.8) is 0 Å². The van der Waals surface area contributed by atoms with Gasteiger partial charge < -0.3 is 14.2 Å². The number of carbonyl (C=O) groups is 1. The van der Waals surface area contributed by atoms with Gasteiger partial charge in [0.05, 0.1) is 18.8 Å². The highest BCUT2D eigenvalue weighted by molar-refractivity contribution is 5.89. The zero-order valence-corrected chi connectivity index (χ0v) is 16.6. The molecular formula is C22H36O4. The monoisotopic (exact) mass is 364 g/mol. The van der Waals surface area contributed by atoms with Crippen molar-refractivity contribution < 1.29 is 19.0 Å². The highest BCUT2D eigenvalue weighted by Crippen LogP contribution is 2.14. The van der Waals surface area contributed by atoms with Crippen LogP contribution >= 0.6 is 0 Å². The zero-order valence-electron chi connectivity index (χ0n) is 16.6. The van der Waals surface area contributed by atoms with E-state index in [1.165, 1.54) is 57.8 Å². The molecule has 4 nitrogen and oxygen atoms in total. The van der Waals surface area contributed by atoms with Crippen molar-refractivity contribution >= 4 is 5.97 Å². The topological polar surface area (TPSA) is 44.8 Å². The van der Waals surface area contributed by atoms with Crippen LogP contribution in [0, 0.1) is 0 Å². The lowest BCUT2D eigenvalue weighted by atomic mass is 10.1. The number of hydrogen-bond donors (Lipinski definition) is 0. The molecule has 0 aliphatic carbocycles. The predicted octanol–water partition coefficient (Wildman–Crippen LogP) is 5.79. The molecule has 0 saturated carbocycles. The van der Waals surface area contributed by atoms with E-state index in [-0.39, 0.29) is 12.6 Å². The summed E-state index contributed by atoms with van der Waals surface area (Å²) < 4.78 is 15.7. The Morgan fingerprint density at radius 1 is 0.769 bits per heavy atom. The lowest BCUT2D eigenvalue weighted by molar-refractivity contribution is 0.0388. The summed E-state index contributed by atoms with van der Waals surface area (Å²) in [5.74, 6) is 0.470. The molecule has 0 bridgehead atoms. The third kappa shape index (κ3) is 11.1. The molecule has 0 aliphatic heterocycles. The van der Waals surface area contributed by atoms with E-state index in [0.717, 1.165) is 18.8 Å². The van der Waals surface area contributed by atoms with Gasteiger partial charge >= 0.3 is 5.97 Å². The number of hydrogen-bond acceptors (Lipinski definition) is 4. The van der Waals surface area contributed by atoms with Crippen molar-refractivity contribution in [3.8, 4) is 5.75 Å². The Morgan fingerprint density at radius 2 is 1.35 bits per heavy atom. The van der Waals surface area contributed by atoms with Crippen molar-refractivity contribution in [1.82, 2.24) is 0 Å². The van der Waals surface area contributed by atoms with E-state index in [4.69, 9.17) is 14.2 Å². The molecule has 0 spiro atoms. The van der Waals surface area contributed by atoms with Crippen LogP contribution in [-0.4, -0.2) is 32.9 Å². The molecule has 4 heteroatoms. The van der Waals surface area contributed by atoms with Gasteiger partial charge in [-0.1, -0.05) is 64.7 Å². The van der Waals surface area contributed by atoms with Crippen LogP contribution in [0.15, 0.2) is 24.3 Å². The first-order chi connectivity index (χ1) is 12.8. The van der Waals surface area contributed by atoms with Gasteiger partial charge in [0.25, 0.3) is 0 Å². The summed E-state index contributed by atoms with van der Waals surface area (Å²) in [4.78, 5) is 11.8. The van der Waals surface area contributed by atoms with Gasteiger partial charge in [-0.05, 0) is 30.7 Å². The smallest absolute Gasteiger partial charge is 0.338 e. The highest BCUT2D eigenvalue weighted by atomic mass is 16.6. The molecule has 1 aromatic carbocycles. The Morgan fingerprint density at radius 3 is 1.92 bits per heavy atom. The normalized spacial score (nSPS) is 10.7. The van der Waals surface area contributed by atoms with Crippen LogP contribution in [0.4, 0.5) is 0 Å². The summed E-state index contributed by atoms with van der Waals surface area (Å²) in [7, 11) is 1.58. The van der Waals surface area contributed by atoms with Crippen LogP contribution in [0.25, 0.3) is 0 Å². The van der Waals surface area contributed by atoms with Crippen LogP contribution in [0.2, 0.25) is 0 Å². The number of benzene rings is 1. The van der Waals surface area contributed by atoms with Crippen molar-refractivity contribution in [1.29, 1.82) is 0 Å². The molecule has 0 atom stereocenters. The fraction of sp³-hybridized carbons (Fsp3) is 0.682. The summed E-state index contributed by atoms with van der Waals surface area (Å²) in [5, 5.41) is 0. The Kier molecular flexibility index (Phi) is 13.6. The second kappa shape index (κ2) is 15.7. The molecule has 1 rings (SSSR count). The SMILES string of the molecule is CCCCCCCCCCCCOc1ccc(C(=O)OCCOC)cc1. The third-order valence-corrected chi connectivity index (χ3v) is 4.38. The summed E-state index contributed by atoms with van der Waals surface area (Å²) in [6.07, 6.45) is 13.2. The summed E-state index contributed by atoms with van der Waals surface area (Å²) in [5.41, 5.74) is 0.535. The van der Waals surface area contributed by atoms with Gasteiger partial charge in [0.15, 0.2) is 0 Å². The lowest BCUT2D eigenvalue weighted by Crippen LogP contribution is -2.09. The predicted molar refractivity (Wildman–Crippen MR) is 106 cm³/mol. The quantitative estimate of drug-likeness (QED) is 0.275. The first kappa shape index (κ1) is 22.5. The largest absolute Gasteiger partial charge is 0.494 e. The van der Waals surface area contributed by atoms with Crippen molar-refractivity contribution in [2.45, 2.75) is 71.1 Å². The minimum Gasteiger partial charge on any atom is -0.494 e. The van der Waals surface area contributed by atoms with Crippen LogP contribution in [0.5, 0.6) is 5.75 Å². The Balaban J connectivity index is 2.03. The molecule has 0 fully saturated rings. The number of ether oxygens (including phenoxy) is 3. The summed E-state index contributed by atoms with van der Waals surface area (Å²) in [6.45, 7) is 3.67.